The van der Waals surface area contributed by atoms with E-state index >= 15 is 0 Å². The van der Waals surface area contributed by atoms with Gasteiger partial charge in [0, 0.05) is 0 Å². The van der Waals surface area contributed by atoms with Crippen LogP contribution in [-0.4, -0.2) is 17.6 Å². The SMILES string of the molecule is Cc1ccc(OCC(=O)NC(N)=S)cc1. The Labute approximate surface area is 93.4 Å². The van der Waals surface area contributed by atoms with Gasteiger partial charge in [0.05, 0.1) is 0 Å². The van der Waals surface area contributed by atoms with E-state index < -0.39 is 0 Å². The first-order chi connectivity index (χ1) is 7.08. The van der Waals surface area contributed by atoms with E-state index in [0.717, 1.165) is 5.56 Å². The number of carbonyl (C=O) groups excluding carboxylic acids is 1. The molecule has 0 aromatic heterocycles. The number of rotatable bonds is 3. The Morgan fingerprint density at radius 2 is 2.07 bits per heavy atom. The number of hydrogen-bond donors (Lipinski definition) is 2. The number of amides is 1. The van der Waals surface area contributed by atoms with Gasteiger partial charge in [-0.05, 0) is 31.3 Å². The summed E-state index contributed by atoms with van der Waals surface area (Å²) in [5.41, 5.74) is 6.26. The first-order valence-corrected chi connectivity index (χ1v) is 4.77. The highest BCUT2D eigenvalue weighted by Crippen LogP contribution is 2.10. The number of nitrogens with two attached hydrogens (primary N) is 1. The minimum absolute atomic E-state index is 0.0486. The van der Waals surface area contributed by atoms with Crippen LogP contribution < -0.4 is 15.8 Å². The maximum absolute atomic E-state index is 11.1. The highest BCUT2D eigenvalue weighted by atomic mass is 32.1. The molecular weight excluding hydrogens is 212 g/mol. The van der Waals surface area contributed by atoms with E-state index in [-0.39, 0.29) is 17.6 Å². The first kappa shape index (κ1) is 11.5. The lowest BCUT2D eigenvalue weighted by Crippen LogP contribution is -2.37. The third-order valence-corrected chi connectivity index (χ3v) is 1.76. The van der Waals surface area contributed by atoms with Crippen molar-refractivity contribution in [3.8, 4) is 5.75 Å². The number of aryl methyl sites for hydroxylation is 1. The molecule has 0 aliphatic heterocycles. The summed E-state index contributed by atoms with van der Waals surface area (Å²) in [7, 11) is 0. The lowest BCUT2D eigenvalue weighted by molar-refractivity contribution is -0.121. The van der Waals surface area contributed by atoms with Crippen molar-refractivity contribution in [3.05, 3.63) is 29.8 Å². The third-order valence-electron chi connectivity index (χ3n) is 1.65. The molecule has 1 aromatic rings. The molecule has 1 amide bonds. The summed E-state index contributed by atoms with van der Waals surface area (Å²) < 4.78 is 5.20. The van der Waals surface area contributed by atoms with Gasteiger partial charge in [-0.1, -0.05) is 17.7 Å². The van der Waals surface area contributed by atoms with Gasteiger partial charge >= 0.3 is 0 Å². The summed E-state index contributed by atoms with van der Waals surface area (Å²) in [4.78, 5) is 11.1. The number of thiocarbonyl (C=S) groups is 1. The van der Waals surface area contributed by atoms with Gasteiger partial charge in [0.15, 0.2) is 11.7 Å². The van der Waals surface area contributed by atoms with Crippen LogP contribution in [0.25, 0.3) is 0 Å². The minimum atomic E-state index is -0.358. The van der Waals surface area contributed by atoms with Crippen molar-refractivity contribution in [2.45, 2.75) is 6.92 Å². The second-order valence-electron chi connectivity index (χ2n) is 3.01. The molecule has 15 heavy (non-hydrogen) atoms. The van der Waals surface area contributed by atoms with Crippen LogP contribution in [0.1, 0.15) is 5.56 Å². The van der Waals surface area contributed by atoms with Gasteiger partial charge in [0.1, 0.15) is 5.75 Å². The Morgan fingerprint density at radius 3 is 2.60 bits per heavy atom. The summed E-state index contributed by atoms with van der Waals surface area (Å²) in [6, 6.07) is 7.40. The Balaban J connectivity index is 2.40. The van der Waals surface area contributed by atoms with Crippen LogP contribution in [0.3, 0.4) is 0 Å². The summed E-state index contributed by atoms with van der Waals surface area (Å²) >= 11 is 4.51. The quantitative estimate of drug-likeness (QED) is 0.743. The number of hydrogen-bond acceptors (Lipinski definition) is 3. The molecule has 0 atom stereocenters. The average molecular weight is 224 g/mol. The van der Waals surface area contributed by atoms with E-state index in [1.54, 1.807) is 12.1 Å². The number of carbonyl (C=O) groups is 1. The van der Waals surface area contributed by atoms with Crippen LogP contribution >= 0.6 is 12.2 Å². The van der Waals surface area contributed by atoms with Crippen LogP contribution in [-0.2, 0) is 4.79 Å². The molecule has 5 heteroatoms. The zero-order valence-corrected chi connectivity index (χ0v) is 9.14. The Hall–Kier alpha value is -1.62. The Kier molecular flexibility index (Phi) is 4.05. The van der Waals surface area contributed by atoms with Crippen LogP contribution in [0.5, 0.6) is 5.75 Å². The normalized spacial score (nSPS) is 9.40. The smallest absolute Gasteiger partial charge is 0.264 e. The molecule has 0 bridgehead atoms. The molecule has 0 saturated carbocycles. The summed E-state index contributed by atoms with van der Waals surface area (Å²) in [5.74, 6) is 0.279. The first-order valence-electron chi connectivity index (χ1n) is 4.36. The number of ether oxygens (including phenoxy) is 1. The molecule has 0 unspecified atom stereocenters. The molecule has 1 aromatic carbocycles. The van der Waals surface area contributed by atoms with Crippen LogP contribution in [0.15, 0.2) is 24.3 Å². The lowest BCUT2D eigenvalue weighted by Gasteiger charge is -2.06. The summed E-state index contributed by atoms with van der Waals surface area (Å²) in [5, 5.41) is 2.22. The molecule has 0 heterocycles. The highest BCUT2D eigenvalue weighted by Gasteiger charge is 2.02. The van der Waals surface area contributed by atoms with Crippen LogP contribution in [0, 0.1) is 6.92 Å². The molecule has 80 valence electrons. The summed E-state index contributed by atoms with van der Waals surface area (Å²) in [6.45, 7) is 1.88. The predicted octanol–water partition coefficient (Wildman–Crippen LogP) is 0.734. The van der Waals surface area contributed by atoms with Crippen molar-refractivity contribution in [2.75, 3.05) is 6.61 Å². The van der Waals surface area contributed by atoms with Gasteiger partial charge in [0.2, 0.25) is 0 Å². The molecule has 0 aliphatic rings. The fourth-order valence-electron chi connectivity index (χ4n) is 0.957. The largest absolute Gasteiger partial charge is 0.484 e. The Morgan fingerprint density at radius 1 is 1.47 bits per heavy atom. The second kappa shape index (κ2) is 5.31. The maximum atomic E-state index is 11.1. The predicted molar refractivity (Wildman–Crippen MR) is 61.6 cm³/mol. The molecule has 1 rings (SSSR count). The van der Waals surface area contributed by atoms with Gasteiger partial charge in [-0.3, -0.25) is 4.79 Å². The zero-order chi connectivity index (χ0) is 11.3. The third kappa shape index (κ3) is 4.42. The molecule has 0 radical (unpaired) electrons. The van der Waals surface area contributed by atoms with E-state index in [1.165, 1.54) is 0 Å². The minimum Gasteiger partial charge on any atom is -0.484 e. The topological polar surface area (TPSA) is 64.3 Å². The zero-order valence-electron chi connectivity index (χ0n) is 8.32. The van der Waals surface area contributed by atoms with Crippen molar-refractivity contribution in [1.29, 1.82) is 0 Å². The van der Waals surface area contributed by atoms with Crippen molar-refractivity contribution in [2.24, 2.45) is 5.73 Å². The van der Waals surface area contributed by atoms with Crippen molar-refractivity contribution >= 4 is 23.2 Å². The van der Waals surface area contributed by atoms with Gasteiger partial charge in [-0.15, -0.1) is 0 Å². The van der Waals surface area contributed by atoms with Crippen molar-refractivity contribution in [3.63, 3.8) is 0 Å². The maximum Gasteiger partial charge on any atom is 0.264 e. The van der Waals surface area contributed by atoms with Crippen LogP contribution in [0.4, 0.5) is 0 Å². The van der Waals surface area contributed by atoms with Gasteiger partial charge in [-0.25, -0.2) is 0 Å². The van der Waals surface area contributed by atoms with E-state index in [1.807, 2.05) is 19.1 Å². The highest BCUT2D eigenvalue weighted by molar-refractivity contribution is 7.80. The molecule has 0 saturated heterocycles. The fraction of sp³-hybridized carbons (Fsp3) is 0.200. The van der Waals surface area contributed by atoms with E-state index in [2.05, 4.69) is 17.5 Å². The molecule has 0 fully saturated rings. The molecular formula is C10H12N2O2S. The van der Waals surface area contributed by atoms with Crippen molar-refractivity contribution in [1.82, 2.24) is 5.32 Å². The van der Waals surface area contributed by atoms with E-state index in [4.69, 9.17) is 10.5 Å². The standard InChI is InChI=1S/C10H12N2O2S/c1-7-2-4-8(5-3-7)14-6-9(13)12-10(11)15/h2-5H,6H2,1H3,(H3,11,12,13,15). The fourth-order valence-corrected chi connectivity index (χ4v) is 1.07. The molecule has 0 spiro atoms. The van der Waals surface area contributed by atoms with E-state index in [9.17, 15) is 4.79 Å². The monoisotopic (exact) mass is 224 g/mol. The van der Waals surface area contributed by atoms with Crippen molar-refractivity contribution < 1.29 is 9.53 Å². The van der Waals surface area contributed by atoms with Crippen LogP contribution in [0.2, 0.25) is 0 Å². The van der Waals surface area contributed by atoms with Gasteiger partial charge in [-0.2, -0.15) is 0 Å². The molecule has 0 aliphatic carbocycles. The summed E-state index contributed by atoms with van der Waals surface area (Å²) in [6.07, 6.45) is 0. The number of benzene rings is 1. The molecule has 3 N–H and O–H groups in total. The van der Waals surface area contributed by atoms with Gasteiger partial charge < -0.3 is 15.8 Å². The Bertz CT molecular complexity index is 362. The number of nitrogens with one attached hydrogen (secondary N) is 1. The second-order valence-corrected chi connectivity index (χ2v) is 3.45. The van der Waals surface area contributed by atoms with Gasteiger partial charge in [0.25, 0.3) is 5.91 Å². The average Bonchev–Trinajstić information content (AvgIpc) is 2.16. The molecule has 4 nitrogen and oxygen atoms in total. The lowest BCUT2D eigenvalue weighted by atomic mass is 10.2. The van der Waals surface area contributed by atoms with E-state index in [0.29, 0.717) is 5.75 Å².